The van der Waals surface area contributed by atoms with Crippen LogP contribution in [0.15, 0.2) is 12.3 Å². The predicted molar refractivity (Wildman–Crippen MR) is 57.5 cm³/mol. The van der Waals surface area contributed by atoms with Crippen LogP contribution in [0.5, 0.6) is 0 Å². The summed E-state index contributed by atoms with van der Waals surface area (Å²) in [5.74, 6) is 0.940. The maximum absolute atomic E-state index is 4.98. The maximum atomic E-state index is 4.98. The molecule has 0 saturated carbocycles. The standard InChI is InChI=1S/C10H19N3O/c1-4-9(2)11-10-5-6-13(12-10)7-8-14-3/h5-6,9H,4,7-8H2,1-3H3,(H,11,12). The number of rotatable bonds is 6. The molecule has 0 aliphatic rings. The van der Waals surface area contributed by atoms with Crippen LogP contribution in [-0.2, 0) is 11.3 Å². The van der Waals surface area contributed by atoms with Gasteiger partial charge in [-0.3, -0.25) is 4.68 Å². The average Bonchev–Trinajstić information content (AvgIpc) is 2.62. The molecule has 0 aliphatic heterocycles. The van der Waals surface area contributed by atoms with Crippen molar-refractivity contribution in [1.82, 2.24) is 9.78 Å². The molecule has 0 amide bonds. The Hall–Kier alpha value is -1.03. The molecule has 1 heterocycles. The molecular weight excluding hydrogens is 178 g/mol. The Morgan fingerprint density at radius 3 is 3.07 bits per heavy atom. The number of nitrogens with zero attached hydrogens (tertiary/aromatic N) is 2. The van der Waals surface area contributed by atoms with Crippen LogP contribution in [0.3, 0.4) is 0 Å². The normalized spacial score (nSPS) is 12.8. The number of nitrogens with one attached hydrogen (secondary N) is 1. The highest BCUT2D eigenvalue weighted by atomic mass is 16.5. The first kappa shape index (κ1) is 11.0. The second-order valence-electron chi connectivity index (χ2n) is 3.41. The molecule has 0 radical (unpaired) electrons. The molecule has 4 heteroatoms. The van der Waals surface area contributed by atoms with Crippen LogP contribution in [-0.4, -0.2) is 29.5 Å². The molecule has 0 saturated heterocycles. The van der Waals surface area contributed by atoms with Gasteiger partial charge in [0.25, 0.3) is 0 Å². The van der Waals surface area contributed by atoms with Crippen molar-refractivity contribution < 1.29 is 4.74 Å². The number of methoxy groups -OCH3 is 1. The first-order valence-electron chi connectivity index (χ1n) is 5.05. The molecule has 1 N–H and O–H groups in total. The van der Waals surface area contributed by atoms with E-state index >= 15 is 0 Å². The summed E-state index contributed by atoms with van der Waals surface area (Å²) in [6.45, 7) is 5.80. The number of aromatic nitrogens is 2. The zero-order valence-electron chi connectivity index (χ0n) is 9.16. The van der Waals surface area contributed by atoms with Crippen molar-refractivity contribution in [3.63, 3.8) is 0 Å². The Kier molecular flexibility index (Phi) is 4.46. The van der Waals surface area contributed by atoms with Gasteiger partial charge in [0.05, 0.1) is 13.2 Å². The summed E-state index contributed by atoms with van der Waals surface area (Å²) in [5.41, 5.74) is 0. The number of hydrogen-bond acceptors (Lipinski definition) is 3. The van der Waals surface area contributed by atoms with Gasteiger partial charge in [0.2, 0.25) is 0 Å². The molecule has 1 rings (SSSR count). The first-order chi connectivity index (χ1) is 6.76. The lowest BCUT2D eigenvalue weighted by Crippen LogP contribution is -2.14. The summed E-state index contributed by atoms with van der Waals surface area (Å²) in [4.78, 5) is 0. The summed E-state index contributed by atoms with van der Waals surface area (Å²) in [7, 11) is 1.70. The van der Waals surface area contributed by atoms with Gasteiger partial charge in [-0.2, -0.15) is 5.10 Å². The lowest BCUT2D eigenvalue weighted by molar-refractivity contribution is 0.183. The number of ether oxygens (including phenoxy) is 1. The summed E-state index contributed by atoms with van der Waals surface area (Å²) >= 11 is 0. The van der Waals surface area contributed by atoms with E-state index in [1.165, 1.54) is 0 Å². The van der Waals surface area contributed by atoms with Crippen LogP contribution < -0.4 is 5.32 Å². The first-order valence-corrected chi connectivity index (χ1v) is 5.05. The Balaban J connectivity index is 2.42. The highest BCUT2D eigenvalue weighted by Gasteiger charge is 2.01. The molecule has 80 valence electrons. The molecule has 14 heavy (non-hydrogen) atoms. The van der Waals surface area contributed by atoms with E-state index in [1.807, 2.05) is 16.9 Å². The van der Waals surface area contributed by atoms with Gasteiger partial charge in [-0.15, -0.1) is 0 Å². The molecule has 0 aromatic carbocycles. The Bertz CT molecular complexity index is 260. The van der Waals surface area contributed by atoms with Crippen molar-refractivity contribution in [2.75, 3.05) is 19.0 Å². The van der Waals surface area contributed by atoms with Gasteiger partial charge in [0, 0.05) is 25.4 Å². The Morgan fingerprint density at radius 1 is 1.64 bits per heavy atom. The van der Waals surface area contributed by atoms with Crippen LogP contribution in [0.4, 0.5) is 5.82 Å². The molecule has 0 aliphatic carbocycles. The maximum Gasteiger partial charge on any atom is 0.148 e. The van der Waals surface area contributed by atoms with Crippen molar-refractivity contribution in [1.29, 1.82) is 0 Å². The number of hydrogen-bond donors (Lipinski definition) is 1. The van der Waals surface area contributed by atoms with Crippen molar-refractivity contribution in [2.24, 2.45) is 0 Å². The third kappa shape index (κ3) is 3.38. The number of anilines is 1. The quantitative estimate of drug-likeness (QED) is 0.755. The molecule has 0 fully saturated rings. The summed E-state index contributed by atoms with van der Waals surface area (Å²) in [6.07, 6.45) is 3.06. The van der Waals surface area contributed by atoms with Crippen LogP contribution in [0.2, 0.25) is 0 Å². The van der Waals surface area contributed by atoms with Crippen molar-refractivity contribution >= 4 is 5.82 Å². The molecular formula is C10H19N3O. The van der Waals surface area contributed by atoms with E-state index < -0.39 is 0 Å². The van der Waals surface area contributed by atoms with Gasteiger partial charge in [0.15, 0.2) is 0 Å². The highest BCUT2D eigenvalue weighted by Crippen LogP contribution is 2.05. The van der Waals surface area contributed by atoms with E-state index in [1.54, 1.807) is 7.11 Å². The van der Waals surface area contributed by atoms with E-state index in [4.69, 9.17) is 4.74 Å². The van der Waals surface area contributed by atoms with Gasteiger partial charge in [-0.1, -0.05) is 6.92 Å². The van der Waals surface area contributed by atoms with Crippen LogP contribution in [0, 0.1) is 0 Å². The lowest BCUT2D eigenvalue weighted by atomic mass is 10.3. The van der Waals surface area contributed by atoms with Crippen LogP contribution >= 0.6 is 0 Å². The van der Waals surface area contributed by atoms with E-state index in [9.17, 15) is 0 Å². The molecule has 0 bridgehead atoms. The SMILES string of the molecule is CCC(C)Nc1ccn(CCOC)n1. The topological polar surface area (TPSA) is 39.1 Å². The zero-order valence-corrected chi connectivity index (χ0v) is 9.16. The smallest absolute Gasteiger partial charge is 0.148 e. The summed E-state index contributed by atoms with van der Waals surface area (Å²) in [6, 6.07) is 2.46. The van der Waals surface area contributed by atoms with E-state index in [0.717, 1.165) is 18.8 Å². The molecule has 4 nitrogen and oxygen atoms in total. The van der Waals surface area contributed by atoms with Crippen molar-refractivity contribution in [3.8, 4) is 0 Å². The van der Waals surface area contributed by atoms with Gasteiger partial charge < -0.3 is 10.1 Å². The second kappa shape index (κ2) is 5.65. The lowest BCUT2D eigenvalue weighted by Gasteiger charge is -2.09. The minimum absolute atomic E-state index is 0.473. The zero-order chi connectivity index (χ0) is 10.4. The molecule has 0 spiro atoms. The largest absolute Gasteiger partial charge is 0.383 e. The summed E-state index contributed by atoms with van der Waals surface area (Å²) < 4.78 is 6.86. The van der Waals surface area contributed by atoms with Crippen molar-refractivity contribution in [2.45, 2.75) is 32.9 Å². The minimum atomic E-state index is 0.473. The van der Waals surface area contributed by atoms with Gasteiger partial charge in [0.1, 0.15) is 5.82 Å². The minimum Gasteiger partial charge on any atom is -0.383 e. The van der Waals surface area contributed by atoms with Gasteiger partial charge >= 0.3 is 0 Å². The van der Waals surface area contributed by atoms with E-state index in [-0.39, 0.29) is 0 Å². The fourth-order valence-corrected chi connectivity index (χ4v) is 1.10. The van der Waals surface area contributed by atoms with Crippen LogP contribution in [0.1, 0.15) is 20.3 Å². The average molecular weight is 197 g/mol. The van der Waals surface area contributed by atoms with Gasteiger partial charge in [-0.05, 0) is 13.3 Å². The third-order valence-corrected chi connectivity index (χ3v) is 2.17. The molecule has 1 atom stereocenters. The van der Waals surface area contributed by atoms with E-state index in [2.05, 4.69) is 24.3 Å². The Morgan fingerprint density at radius 2 is 2.43 bits per heavy atom. The van der Waals surface area contributed by atoms with E-state index in [0.29, 0.717) is 12.6 Å². The molecule has 1 aromatic rings. The summed E-state index contributed by atoms with van der Waals surface area (Å²) in [5, 5.41) is 7.68. The van der Waals surface area contributed by atoms with Crippen LogP contribution in [0.25, 0.3) is 0 Å². The van der Waals surface area contributed by atoms with Gasteiger partial charge in [-0.25, -0.2) is 0 Å². The predicted octanol–water partition coefficient (Wildman–Crippen LogP) is 1.74. The third-order valence-electron chi connectivity index (χ3n) is 2.17. The fourth-order valence-electron chi connectivity index (χ4n) is 1.10. The molecule has 1 unspecified atom stereocenters. The second-order valence-corrected chi connectivity index (χ2v) is 3.41. The van der Waals surface area contributed by atoms with Crippen molar-refractivity contribution in [3.05, 3.63) is 12.3 Å². The monoisotopic (exact) mass is 197 g/mol. The Labute approximate surface area is 85.3 Å². The fraction of sp³-hybridized carbons (Fsp3) is 0.700. The highest BCUT2D eigenvalue weighted by molar-refractivity contribution is 5.33. The molecule has 1 aromatic heterocycles.